The van der Waals surface area contributed by atoms with E-state index < -0.39 is 11.8 Å². The van der Waals surface area contributed by atoms with Crippen LogP contribution in [0.5, 0.6) is 0 Å². The van der Waals surface area contributed by atoms with Crippen molar-refractivity contribution in [1.82, 2.24) is 4.90 Å². The Morgan fingerprint density at radius 2 is 1.88 bits per heavy atom. The topological polar surface area (TPSA) is 95.1 Å². The predicted molar refractivity (Wildman–Crippen MR) is 96.3 cm³/mol. The van der Waals surface area contributed by atoms with Crippen LogP contribution in [0, 0.1) is 0 Å². The molecular weight excluding hydrogens is 334 g/mol. The lowest BCUT2D eigenvalue weighted by Gasteiger charge is -2.27. The number of rotatable bonds is 5. The number of benzene rings is 2. The van der Waals surface area contributed by atoms with Gasteiger partial charge in [-0.3, -0.25) is 19.9 Å². The van der Waals surface area contributed by atoms with E-state index in [4.69, 9.17) is 9.52 Å². The van der Waals surface area contributed by atoms with Crippen LogP contribution in [0.15, 0.2) is 58.2 Å². The van der Waals surface area contributed by atoms with E-state index in [1.165, 1.54) is 6.21 Å². The standard InChI is InChI=1S/C19H15N3O4/c23-9-8-22-18(24)14-5-1-4-13-16(7-6-15(17(13)14)19(22)25)21-20-11-12-3-2-10-26-12/h1-7,10-11,21,23H,8-9H2/b20-11+. The van der Waals surface area contributed by atoms with E-state index in [1.54, 1.807) is 42.7 Å². The highest BCUT2D eigenvalue weighted by Gasteiger charge is 2.32. The van der Waals surface area contributed by atoms with Crippen LogP contribution in [-0.4, -0.2) is 41.2 Å². The molecule has 0 atom stereocenters. The lowest BCUT2D eigenvalue weighted by Crippen LogP contribution is -2.41. The Bertz CT molecular complexity index is 1000. The fourth-order valence-electron chi connectivity index (χ4n) is 3.08. The molecule has 0 unspecified atom stereocenters. The van der Waals surface area contributed by atoms with Crippen molar-refractivity contribution >= 4 is 34.5 Å². The van der Waals surface area contributed by atoms with Crippen LogP contribution in [0.2, 0.25) is 0 Å². The number of anilines is 1. The van der Waals surface area contributed by atoms with Crippen molar-refractivity contribution in [3.63, 3.8) is 0 Å². The zero-order valence-electron chi connectivity index (χ0n) is 13.7. The van der Waals surface area contributed by atoms with Crippen molar-refractivity contribution in [1.29, 1.82) is 0 Å². The highest BCUT2D eigenvalue weighted by atomic mass is 16.3. The van der Waals surface area contributed by atoms with E-state index in [2.05, 4.69) is 10.5 Å². The SMILES string of the molecule is O=C1c2cccc3c(N/N=C/c4ccco4)ccc(c23)C(=O)N1CCO. The number of carbonyl (C=O) groups is 2. The summed E-state index contributed by atoms with van der Waals surface area (Å²) in [4.78, 5) is 26.3. The minimum Gasteiger partial charge on any atom is -0.463 e. The first-order chi connectivity index (χ1) is 12.7. The third-order valence-electron chi connectivity index (χ3n) is 4.24. The first-order valence-electron chi connectivity index (χ1n) is 8.06. The minimum absolute atomic E-state index is 0.0268. The van der Waals surface area contributed by atoms with Crippen molar-refractivity contribution in [2.24, 2.45) is 5.10 Å². The molecule has 7 heteroatoms. The molecule has 0 saturated heterocycles. The molecule has 1 aromatic heterocycles. The molecule has 0 saturated carbocycles. The zero-order chi connectivity index (χ0) is 18.1. The third kappa shape index (κ3) is 2.55. The van der Waals surface area contributed by atoms with Gasteiger partial charge in [0.1, 0.15) is 5.76 Å². The van der Waals surface area contributed by atoms with E-state index in [9.17, 15) is 9.59 Å². The smallest absolute Gasteiger partial charge is 0.261 e. The Kier molecular flexibility index (Phi) is 3.98. The predicted octanol–water partition coefficient (Wildman–Crippen LogP) is 2.47. The summed E-state index contributed by atoms with van der Waals surface area (Å²) >= 11 is 0. The van der Waals surface area contributed by atoms with Gasteiger partial charge >= 0.3 is 0 Å². The summed E-state index contributed by atoms with van der Waals surface area (Å²) in [6.07, 6.45) is 3.09. The Labute approximate surface area is 148 Å². The van der Waals surface area contributed by atoms with E-state index >= 15 is 0 Å². The Hall–Kier alpha value is -3.45. The van der Waals surface area contributed by atoms with Gasteiger partial charge in [0.05, 0.1) is 31.3 Å². The van der Waals surface area contributed by atoms with Crippen LogP contribution in [0.3, 0.4) is 0 Å². The van der Waals surface area contributed by atoms with Gasteiger partial charge in [0, 0.05) is 21.9 Å². The average molecular weight is 349 g/mol. The van der Waals surface area contributed by atoms with Crippen LogP contribution in [0.4, 0.5) is 5.69 Å². The summed E-state index contributed by atoms with van der Waals surface area (Å²) in [7, 11) is 0. The molecular formula is C19H15N3O4. The van der Waals surface area contributed by atoms with Crippen molar-refractivity contribution in [3.8, 4) is 0 Å². The third-order valence-corrected chi connectivity index (χ3v) is 4.24. The van der Waals surface area contributed by atoms with Crippen LogP contribution >= 0.6 is 0 Å². The first kappa shape index (κ1) is 16.0. The molecule has 2 N–H and O–H groups in total. The van der Waals surface area contributed by atoms with Gasteiger partial charge in [-0.25, -0.2) is 0 Å². The molecule has 130 valence electrons. The number of aliphatic hydroxyl groups excluding tert-OH is 1. The number of aliphatic hydroxyl groups is 1. The molecule has 4 rings (SSSR count). The molecule has 1 aliphatic heterocycles. The second kappa shape index (κ2) is 6.45. The zero-order valence-corrected chi connectivity index (χ0v) is 13.7. The molecule has 0 aliphatic carbocycles. The number of amides is 2. The second-order valence-corrected chi connectivity index (χ2v) is 5.76. The molecule has 2 aromatic carbocycles. The fourth-order valence-corrected chi connectivity index (χ4v) is 3.08. The van der Waals surface area contributed by atoms with Crippen molar-refractivity contribution in [3.05, 3.63) is 65.6 Å². The number of nitrogens with zero attached hydrogens (tertiary/aromatic N) is 2. The molecule has 0 bridgehead atoms. The minimum atomic E-state index is -0.404. The maximum absolute atomic E-state index is 12.6. The van der Waals surface area contributed by atoms with Gasteiger partial charge in [0.15, 0.2) is 0 Å². The first-order valence-corrected chi connectivity index (χ1v) is 8.06. The summed E-state index contributed by atoms with van der Waals surface area (Å²) in [5.74, 6) is -0.206. The number of hydrazone groups is 1. The van der Waals surface area contributed by atoms with Gasteiger partial charge in [-0.1, -0.05) is 12.1 Å². The summed E-state index contributed by atoms with van der Waals surface area (Å²) < 4.78 is 5.18. The second-order valence-electron chi connectivity index (χ2n) is 5.76. The highest BCUT2D eigenvalue weighted by Crippen LogP contribution is 2.34. The fraction of sp³-hybridized carbons (Fsp3) is 0.105. The highest BCUT2D eigenvalue weighted by molar-refractivity contribution is 6.26. The van der Waals surface area contributed by atoms with Gasteiger partial charge in [-0.2, -0.15) is 5.10 Å². The Balaban J connectivity index is 1.77. The molecule has 0 spiro atoms. The molecule has 3 aromatic rings. The van der Waals surface area contributed by atoms with Crippen LogP contribution in [0.1, 0.15) is 26.5 Å². The summed E-state index contributed by atoms with van der Waals surface area (Å²) in [6, 6.07) is 12.2. The molecule has 26 heavy (non-hydrogen) atoms. The van der Waals surface area contributed by atoms with E-state index in [0.29, 0.717) is 28.0 Å². The molecule has 1 aliphatic rings. The summed E-state index contributed by atoms with van der Waals surface area (Å²) in [5, 5.41) is 14.6. The number of β-amino-alcohol motifs (C(OH)–C–C–N with tert-alkyl or cyclic N) is 1. The number of hydrogen-bond donors (Lipinski definition) is 2. The maximum atomic E-state index is 12.6. The lowest BCUT2D eigenvalue weighted by molar-refractivity contribution is 0.0580. The van der Waals surface area contributed by atoms with E-state index in [1.807, 2.05) is 6.07 Å². The van der Waals surface area contributed by atoms with Crippen molar-refractivity contribution < 1.29 is 19.1 Å². The molecule has 0 fully saturated rings. The largest absolute Gasteiger partial charge is 0.463 e. The van der Waals surface area contributed by atoms with Gasteiger partial charge in [-0.05, 0) is 30.3 Å². The number of hydrogen-bond acceptors (Lipinski definition) is 6. The molecule has 2 amide bonds. The monoisotopic (exact) mass is 349 g/mol. The van der Waals surface area contributed by atoms with E-state index in [-0.39, 0.29) is 13.2 Å². The van der Waals surface area contributed by atoms with Crippen LogP contribution < -0.4 is 5.43 Å². The van der Waals surface area contributed by atoms with E-state index in [0.717, 1.165) is 10.3 Å². The maximum Gasteiger partial charge on any atom is 0.261 e. The Morgan fingerprint density at radius 3 is 2.62 bits per heavy atom. The van der Waals surface area contributed by atoms with Gasteiger partial charge < -0.3 is 9.52 Å². The number of carbonyl (C=O) groups excluding carboxylic acids is 2. The molecule has 7 nitrogen and oxygen atoms in total. The average Bonchev–Trinajstić information content (AvgIpc) is 3.17. The normalized spacial score (nSPS) is 13.8. The molecule has 2 heterocycles. The van der Waals surface area contributed by atoms with Crippen molar-refractivity contribution in [2.75, 3.05) is 18.6 Å². The van der Waals surface area contributed by atoms with Crippen molar-refractivity contribution in [2.45, 2.75) is 0 Å². The Morgan fingerprint density at radius 1 is 1.08 bits per heavy atom. The summed E-state index contributed by atoms with van der Waals surface area (Å²) in [6.45, 7) is -0.301. The number of nitrogens with one attached hydrogen (secondary N) is 1. The van der Waals surface area contributed by atoms with Gasteiger partial charge in [0.25, 0.3) is 11.8 Å². The molecule has 0 radical (unpaired) electrons. The number of imide groups is 1. The van der Waals surface area contributed by atoms with Crippen LogP contribution in [0.25, 0.3) is 10.8 Å². The van der Waals surface area contributed by atoms with Gasteiger partial charge in [0.2, 0.25) is 0 Å². The summed E-state index contributed by atoms with van der Waals surface area (Å²) in [5.41, 5.74) is 4.47. The van der Waals surface area contributed by atoms with Gasteiger partial charge in [-0.15, -0.1) is 0 Å². The van der Waals surface area contributed by atoms with Crippen LogP contribution in [-0.2, 0) is 0 Å². The lowest BCUT2D eigenvalue weighted by atomic mass is 9.93. The number of furan rings is 1. The quantitative estimate of drug-likeness (QED) is 0.419.